The lowest BCUT2D eigenvalue weighted by Gasteiger charge is -2.29. The van der Waals surface area contributed by atoms with Crippen LogP contribution in [0.3, 0.4) is 0 Å². The lowest BCUT2D eigenvalue weighted by atomic mass is 9.96. The summed E-state index contributed by atoms with van der Waals surface area (Å²) < 4.78 is 7.17. The Morgan fingerprint density at radius 2 is 2.04 bits per heavy atom. The first-order valence-corrected chi connectivity index (χ1v) is 9.20. The SMILES string of the molecule is CCn1cc(NC(=O)C2CCN(c3noc(-c4ccccc4)n3)CC2)cn1. The molecule has 3 aromatic rings. The van der Waals surface area contributed by atoms with E-state index in [0.717, 1.165) is 43.7 Å². The molecule has 0 spiro atoms. The molecular weight excluding hydrogens is 344 g/mol. The van der Waals surface area contributed by atoms with Crippen molar-refractivity contribution in [2.75, 3.05) is 23.3 Å². The second kappa shape index (κ2) is 7.61. The van der Waals surface area contributed by atoms with Crippen molar-refractivity contribution in [3.63, 3.8) is 0 Å². The first-order chi connectivity index (χ1) is 13.2. The quantitative estimate of drug-likeness (QED) is 0.747. The number of nitrogens with one attached hydrogen (secondary N) is 1. The van der Waals surface area contributed by atoms with Crippen LogP contribution in [0.4, 0.5) is 11.6 Å². The number of nitrogens with zero attached hydrogens (tertiary/aromatic N) is 5. The lowest BCUT2D eigenvalue weighted by molar-refractivity contribution is -0.120. The number of carbonyl (C=O) groups excluding carboxylic acids is 1. The van der Waals surface area contributed by atoms with Crippen molar-refractivity contribution in [3.05, 3.63) is 42.7 Å². The summed E-state index contributed by atoms with van der Waals surface area (Å²) in [7, 11) is 0. The number of anilines is 2. The monoisotopic (exact) mass is 366 g/mol. The van der Waals surface area contributed by atoms with Gasteiger partial charge in [-0.15, -0.1) is 0 Å². The highest BCUT2D eigenvalue weighted by atomic mass is 16.5. The summed E-state index contributed by atoms with van der Waals surface area (Å²) >= 11 is 0. The fraction of sp³-hybridized carbons (Fsp3) is 0.368. The average molecular weight is 366 g/mol. The Bertz CT molecular complexity index is 896. The number of piperidine rings is 1. The van der Waals surface area contributed by atoms with Crippen LogP contribution in [0.5, 0.6) is 0 Å². The summed E-state index contributed by atoms with van der Waals surface area (Å²) in [5, 5.41) is 11.2. The Balaban J connectivity index is 1.33. The van der Waals surface area contributed by atoms with Gasteiger partial charge in [-0.25, -0.2) is 0 Å². The third-order valence-electron chi connectivity index (χ3n) is 4.81. The van der Waals surface area contributed by atoms with E-state index in [1.54, 1.807) is 10.9 Å². The molecule has 1 N–H and O–H groups in total. The van der Waals surface area contributed by atoms with Gasteiger partial charge in [0.05, 0.1) is 11.9 Å². The van der Waals surface area contributed by atoms with Crippen LogP contribution in [0.15, 0.2) is 47.2 Å². The van der Waals surface area contributed by atoms with E-state index in [4.69, 9.17) is 4.52 Å². The molecule has 8 nitrogen and oxygen atoms in total. The van der Waals surface area contributed by atoms with Crippen molar-refractivity contribution in [1.82, 2.24) is 19.9 Å². The second-order valence-corrected chi connectivity index (χ2v) is 6.60. The zero-order valence-electron chi connectivity index (χ0n) is 15.2. The van der Waals surface area contributed by atoms with Gasteiger partial charge in [0.2, 0.25) is 5.91 Å². The van der Waals surface area contributed by atoms with Gasteiger partial charge >= 0.3 is 0 Å². The molecule has 0 radical (unpaired) electrons. The van der Waals surface area contributed by atoms with Crippen LogP contribution in [-0.4, -0.2) is 38.9 Å². The van der Waals surface area contributed by atoms with Crippen LogP contribution in [0.2, 0.25) is 0 Å². The van der Waals surface area contributed by atoms with Crippen LogP contribution < -0.4 is 10.2 Å². The van der Waals surface area contributed by atoms with E-state index in [1.807, 2.05) is 43.5 Å². The molecule has 4 rings (SSSR count). The molecule has 8 heteroatoms. The van der Waals surface area contributed by atoms with Gasteiger partial charge in [0.15, 0.2) is 0 Å². The minimum atomic E-state index is -0.0216. The van der Waals surface area contributed by atoms with Crippen molar-refractivity contribution in [3.8, 4) is 11.5 Å². The fourth-order valence-electron chi connectivity index (χ4n) is 3.23. The summed E-state index contributed by atoms with van der Waals surface area (Å²) in [6, 6.07) is 9.70. The van der Waals surface area contributed by atoms with Gasteiger partial charge in [0.25, 0.3) is 11.8 Å². The zero-order valence-corrected chi connectivity index (χ0v) is 15.2. The molecule has 1 amide bonds. The number of amides is 1. The van der Waals surface area contributed by atoms with Gasteiger partial charge in [-0.3, -0.25) is 9.48 Å². The molecular formula is C19H22N6O2. The Hall–Kier alpha value is -3.16. The number of hydrogen-bond acceptors (Lipinski definition) is 6. The summed E-state index contributed by atoms with van der Waals surface area (Å²) in [6.07, 6.45) is 5.03. The number of aryl methyl sites for hydroxylation is 1. The minimum Gasteiger partial charge on any atom is -0.338 e. The highest BCUT2D eigenvalue weighted by molar-refractivity contribution is 5.92. The molecule has 2 aromatic heterocycles. The van der Waals surface area contributed by atoms with Gasteiger partial charge in [0.1, 0.15) is 0 Å². The Morgan fingerprint density at radius 3 is 2.74 bits per heavy atom. The van der Waals surface area contributed by atoms with E-state index >= 15 is 0 Å². The van der Waals surface area contributed by atoms with Crippen LogP contribution in [0.1, 0.15) is 19.8 Å². The molecule has 3 heterocycles. The van der Waals surface area contributed by atoms with Gasteiger partial charge < -0.3 is 14.7 Å². The Morgan fingerprint density at radius 1 is 1.26 bits per heavy atom. The number of hydrogen-bond donors (Lipinski definition) is 1. The first-order valence-electron chi connectivity index (χ1n) is 9.20. The molecule has 27 heavy (non-hydrogen) atoms. The number of carbonyl (C=O) groups is 1. The third kappa shape index (κ3) is 3.84. The maximum atomic E-state index is 12.5. The van der Waals surface area contributed by atoms with Crippen LogP contribution in [0, 0.1) is 5.92 Å². The third-order valence-corrected chi connectivity index (χ3v) is 4.81. The van der Waals surface area contributed by atoms with Crippen molar-refractivity contribution in [2.45, 2.75) is 26.3 Å². The zero-order chi connectivity index (χ0) is 18.6. The second-order valence-electron chi connectivity index (χ2n) is 6.60. The predicted molar refractivity (Wildman–Crippen MR) is 101 cm³/mol. The molecule has 1 aliphatic heterocycles. The van der Waals surface area contributed by atoms with E-state index in [1.165, 1.54) is 0 Å². The molecule has 1 aliphatic rings. The standard InChI is InChI=1S/C19H22N6O2/c1-2-25-13-16(12-20-25)21-17(26)14-8-10-24(11-9-14)19-22-18(27-23-19)15-6-4-3-5-7-15/h3-7,12-14H,2,8-11H2,1H3,(H,21,26). The Kier molecular flexibility index (Phi) is 4.86. The summed E-state index contributed by atoms with van der Waals surface area (Å²) in [6.45, 7) is 4.24. The van der Waals surface area contributed by atoms with E-state index < -0.39 is 0 Å². The van der Waals surface area contributed by atoms with Gasteiger partial charge in [0, 0.05) is 37.3 Å². The molecule has 140 valence electrons. The summed E-state index contributed by atoms with van der Waals surface area (Å²) in [5.74, 6) is 1.12. The Labute approximate surface area is 157 Å². The van der Waals surface area contributed by atoms with Crippen LogP contribution in [0.25, 0.3) is 11.5 Å². The normalized spacial score (nSPS) is 15.1. The molecule has 0 saturated carbocycles. The molecule has 0 bridgehead atoms. The molecule has 1 fully saturated rings. The number of aromatic nitrogens is 4. The van der Waals surface area contributed by atoms with Crippen LogP contribution >= 0.6 is 0 Å². The van der Waals surface area contributed by atoms with E-state index in [0.29, 0.717) is 11.8 Å². The smallest absolute Gasteiger partial charge is 0.266 e. The largest absolute Gasteiger partial charge is 0.338 e. The van der Waals surface area contributed by atoms with Crippen molar-refractivity contribution in [2.24, 2.45) is 5.92 Å². The van der Waals surface area contributed by atoms with Gasteiger partial charge in [-0.2, -0.15) is 10.1 Å². The van der Waals surface area contributed by atoms with Crippen molar-refractivity contribution in [1.29, 1.82) is 0 Å². The highest BCUT2D eigenvalue weighted by Gasteiger charge is 2.27. The van der Waals surface area contributed by atoms with Crippen molar-refractivity contribution >= 4 is 17.5 Å². The van der Waals surface area contributed by atoms with Crippen LogP contribution in [-0.2, 0) is 11.3 Å². The van der Waals surface area contributed by atoms with Gasteiger partial charge in [-0.1, -0.05) is 18.2 Å². The lowest BCUT2D eigenvalue weighted by Crippen LogP contribution is -2.38. The molecule has 1 aromatic carbocycles. The van der Waals surface area contributed by atoms with Gasteiger partial charge in [-0.05, 0) is 37.1 Å². The van der Waals surface area contributed by atoms with E-state index in [2.05, 4.69) is 25.5 Å². The minimum absolute atomic E-state index is 0.0216. The number of benzene rings is 1. The average Bonchev–Trinajstić information content (AvgIpc) is 3.38. The predicted octanol–water partition coefficient (Wildman–Crippen LogP) is 2.81. The van der Waals surface area contributed by atoms with Crippen molar-refractivity contribution < 1.29 is 9.32 Å². The highest BCUT2D eigenvalue weighted by Crippen LogP contribution is 2.25. The van der Waals surface area contributed by atoms with E-state index in [9.17, 15) is 4.79 Å². The molecule has 0 unspecified atom stereocenters. The summed E-state index contributed by atoms with van der Waals surface area (Å²) in [4.78, 5) is 19.0. The maximum Gasteiger partial charge on any atom is 0.266 e. The number of rotatable bonds is 5. The molecule has 0 atom stereocenters. The fourth-order valence-corrected chi connectivity index (χ4v) is 3.23. The molecule has 1 saturated heterocycles. The molecule has 0 aliphatic carbocycles. The van der Waals surface area contributed by atoms with E-state index in [-0.39, 0.29) is 11.8 Å². The maximum absolute atomic E-state index is 12.5. The first kappa shape index (κ1) is 17.3. The summed E-state index contributed by atoms with van der Waals surface area (Å²) in [5.41, 5.74) is 1.65. The topological polar surface area (TPSA) is 89.1 Å².